The highest BCUT2D eigenvalue weighted by Crippen LogP contribution is 2.10. The molecule has 0 aromatic carbocycles. The van der Waals surface area contributed by atoms with Crippen LogP contribution in [0.15, 0.2) is 24.3 Å². The largest absolute Gasteiger partial charge is 0.355 e. The Labute approximate surface area is 246 Å². The summed E-state index contributed by atoms with van der Waals surface area (Å²) in [5.41, 5.74) is 0. The van der Waals surface area contributed by atoms with E-state index < -0.39 is 0 Å². The van der Waals surface area contributed by atoms with Crippen LogP contribution in [0.2, 0.25) is 0 Å². The molecule has 0 aliphatic rings. The average Bonchev–Trinajstić information content (AvgIpc) is 2.95. The van der Waals surface area contributed by atoms with Gasteiger partial charge in [-0.3, -0.25) is 0 Å². The van der Waals surface area contributed by atoms with Gasteiger partial charge in [0.25, 0.3) is 0 Å². The van der Waals surface area contributed by atoms with Crippen LogP contribution >= 0.6 is 0 Å². The average molecular weight is 553 g/mol. The Bertz CT molecular complexity index is 429. The summed E-state index contributed by atoms with van der Waals surface area (Å²) >= 11 is 0. The molecule has 0 heterocycles. The van der Waals surface area contributed by atoms with Gasteiger partial charge in [0, 0.05) is 13.2 Å². The lowest BCUT2D eigenvalue weighted by Gasteiger charge is -2.07. The smallest absolute Gasteiger partial charge is 0.149 e. The fourth-order valence-electron chi connectivity index (χ4n) is 4.31. The fraction of sp³-hybridized carbons (Fsp3) is 0.889. The van der Waals surface area contributed by atoms with Crippen molar-refractivity contribution in [3.63, 3.8) is 0 Å². The molecule has 0 radical (unpaired) electrons. The van der Waals surface area contributed by atoms with Crippen LogP contribution in [0.1, 0.15) is 182 Å². The van der Waals surface area contributed by atoms with Crippen LogP contribution in [0.3, 0.4) is 0 Å². The number of ether oxygens (including phenoxy) is 3. The fourth-order valence-corrected chi connectivity index (χ4v) is 4.31. The quantitative estimate of drug-likeness (QED) is 0.0486. The van der Waals surface area contributed by atoms with Crippen molar-refractivity contribution in [1.82, 2.24) is 0 Å². The molecule has 0 N–H and O–H groups in total. The van der Waals surface area contributed by atoms with E-state index in [0.717, 1.165) is 26.1 Å². The van der Waals surface area contributed by atoms with Gasteiger partial charge < -0.3 is 14.2 Å². The second kappa shape index (κ2) is 41.8. The standard InChI is InChI=1S/C18H38O3.C18H34/c1-3-5-7-9-11-13-15-19-17-21-18-20-16-14-12-10-8-6-4-2;1-3-5-7-9-11-13-15-17-18-16-14-12-10-8-6-4-2/h3-18H2,1-2H3;5,7,10,12H,3-4,6,8-9,11,13-18H2,1-2H3/b;7-5+,12-10+. The predicted molar refractivity (Wildman–Crippen MR) is 175 cm³/mol. The maximum absolute atomic E-state index is 5.41. The molecule has 3 nitrogen and oxygen atoms in total. The Morgan fingerprint density at radius 2 is 0.692 bits per heavy atom. The minimum Gasteiger partial charge on any atom is -0.355 e. The molecule has 0 saturated carbocycles. The summed E-state index contributed by atoms with van der Waals surface area (Å²) in [7, 11) is 0. The first-order valence-corrected chi connectivity index (χ1v) is 17.4. The van der Waals surface area contributed by atoms with Crippen LogP contribution in [0, 0.1) is 0 Å². The third-order valence-corrected chi connectivity index (χ3v) is 6.90. The van der Waals surface area contributed by atoms with Crippen molar-refractivity contribution >= 4 is 0 Å². The van der Waals surface area contributed by atoms with Crippen molar-refractivity contribution < 1.29 is 14.2 Å². The molecule has 0 unspecified atom stereocenters. The number of rotatable bonds is 31. The van der Waals surface area contributed by atoms with E-state index in [1.807, 2.05) is 0 Å². The van der Waals surface area contributed by atoms with Crippen LogP contribution in [0.5, 0.6) is 0 Å². The van der Waals surface area contributed by atoms with Gasteiger partial charge in [-0.05, 0) is 51.4 Å². The van der Waals surface area contributed by atoms with Crippen LogP contribution in [-0.4, -0.2) is 26.8 Å². The zero-order chi connectivity index (χ0) is 28.7. The van der Waals surface area contributed by atoms with E-state index in [0.29, 0.717) is 13.6 Å². The lowest BCUT2D eigenvalue weighted by atomic mass is 10.1. The summed E-state index contributed by atoms with van der Waals surface area (Å²) in [5, 5.41) is 0. The topological polar surface area (TPSA) is 27.7 Å². The first-order chi connectivity index (χ1) is 19.3. The molecule has 0 aromatic rings. The number of unbranched alkanes of at least 4 members (excludes halogenated alkanes) is 19. The van der Waals surface area contributed by atoms with Crippen molar-refractivity contribution in [3.05, 3.63) is 24.3 Å². The molecule has 0 bridgehead atoms. The van der Waals surface area contributed by atoms with E-state index in [9.17, 15) is 0 Å². The Hall–Kier alpha value is -0.640. The van der Waals surface area contributed by atoms with Gasteiger partial charge in [-0.25, -0.2) is 0 Å². The highest BCUT2D eigenvalue weighted by Gasteiger charge is 1.94. The minimum absolute atomic E-state index is 0.367. The summed E-state index contributed by atoms with van der Waals surface area (Å²) in [6.45, 7) is 11.3. The molecule has 0 rings (SSSR count). The van der Waals surface area contributed by atoms with Crippen molar-refractivity contribution in [3.8, 4) is 0 Å². The van der Waals surface area contributed by atoms with E-state index in [2.05, 4.69) is 52.0 Å². The summed E-state index contributed by atoms with van der Waals surface area (Å²) in [5.74, 6) is 0. The number of hydrogen-bond donors (Lipinski definition) is 0. The first-order valence-electron chi connectivity index (χ1n) is 17.4. The summed E-state index contributed by atoms with van der Waals surface area (Å²) in [6, 6.07) is 0. The summed E-state index contributed by atoms with van der Waals surface area (Å²) in [4.78, 5) is 0. The zero-order valence-corrected chi connectivity index (χ0v) is 27.3. The normalized spacial score (nSPS) is 11.5. The number of allylic oxidation sites excluding steroid dienone is 4. The van der Waals surface area contributed by atoms with Gasteiger partial charge in [0.05, 0.1) is 0 Å². The Morgan fingerprint density at radius 3 is 1.13 bits per heavy atom. The molecule has 0 atom stereocenters. The van der Waals surface area contributed by atoms with Gasteiger partial charge in [0.2, 0.25) is 0 Å². The second-order valence-corrected chi connectivity index (χ2v) is 11.0. The van der Waals surface area contributed by atoms with Crippen molar-refractivity contribution in [2.24, 2.45) is 0 Å². The minimum atomic E-state index is 0.367. The van der Waals surface area contributed by atoms with E-state index in [1.165, 1.54) is 141 Å². The van der Waals surface area contributed by atoms with Crippen molar-refractivity contribution in [2.75, 3.05) is 26.8 Å². The SMILES string of the molecule is CC/C=C/CCCCCCCC/C=C/CCCC.CCCCCCCCOCOCOCCCCCCCC. The van der Waals surface area contributed by atoms with E-state index in [-0.39, 0.29) is 0 Å². The molecule has 3 heteroatoms. The molecule has 0 amide bonds. The molecule has 39 heavy (non-hydrogen) atoms. The lowest BCUT2D eigenvalue weighted by Crippen LogP contribution is -2.06. The molecule has 0 aliphatic carbocycles. The van der Waals surface area contributed by atoms with Gasteiger partial charge in [-0.1, -0.05) is 155 Å². The Morgan fingerprint density at radius 1 is 0.333 bits per heavy atom. The third-order valence-electron chi connectivity index (χ3n) is 6.90. The van der Waals surface area contributed by atoms with E-state index >= 15 is 0 Å². The second-order valence-electron chi connectivity index (χ2n) is 11.0. The summed E-state index contributed by atoms with van der Waals surface area (Å²) < 4.78 is 16.1. The molecule has 0 aliphatic heterocycles. The molecular formula is C36H72O3. The molecular weight excluding hydrogens is 480 g/mol. The van der Waals surface area contributed by atoms with Crippen LogP contribution in [0.25, 0.3) is 0 Å². The van der Waals surface area contributed by atoms with Gasteiger partial charge >= 0.3 is 0 Å². The molecule has 0 saturated heterocycles. The highest BCUT2D eigenvalue weighted by atomic mass is 16.7. The molecule has 234 valence electrons. The van der Waals surface area contributed by atoms with Crippen LogP contribution in [0.4, 0.5) is 0 Å². The molecule has 0 aromatic heterocycles. The molecule has 0 fully saturated rings. The Kier molecular flexibility index (Phi) is 43.4. The van der Waals surface area contributed by atoms with E-state index in [1.54, 1.807) is 0 Å². The van der Waals surface area contributed by atoms with Crippen molar-refractivity contribution in [2.45, 2.75) is 182 Å². The molecule has 0 spiro atoms. The first kappa shape index (κ1) is 40.5. The maximum atomic E-state index is 5.41. The predicted octanol–water partition coefficient (Wildman–Crippen LogP) is 12.5. The summed E-state index contributed by atoms with van der Waals surface area (Å²) in [6.07, 6.45) is 41.1. The van der Waals surface area contributed by atoms with E-state index in [4.69, 9.17) is 14.2 Å². The van der Waals surface area contributed by atoms with Gasteiger partial charge in [0.15, 0.2) is 0 Å². The van der Waals surface area contributed by atoms with Crippen LogP contribution in [-0.2, 0) is 14.2 Å². The van der Waals surface area contributed by atoms with Crippen molar-refractivity contribution in [1.29, 1.82) is 0 Å². The third kappa shape index (κ3) is 44.6. The monoisotopic (exact) mass is 553 g/mol. The highest BCUT2D eigenvalue weighted by molar-refractivity contribution is 4.81. The lowest BCUT2D eigenvalue weighted by molar-refractivity contribution is -0.131. The Balaban J connectivity index is 0. The van der Waals surface area contributed by atoms with Gasteiger partial charge in [-0.2, -0.15) is 0 Å². The maximum Gasteiger partial charge on any atom is 0.149 e. The van der Waals surface area contributed by atoms with Crippen LogP contribution < -0.4 is 0 Å². The number of hydrogen-bond acceptors (Lipinski definition) is 3. The zero-order valence-electron chi connectivity index (χ0n) is 27.3. The van der Waals surface area contributed by atoms with Gasteiger partial charge in [-0.15, -0.1) is 0 Å². The van der Waals surface area contributed by atoms with Gasteiger partial charge in [0.1, 0.15) is 13.6 Å².